The van der Waals surface area contributed by atoms with Gasteiger partial charge >= 0.3 is 0 Å². The predicted octanol–water partition coefficient (Wildman–Crippen LogP) is 3.49. The van der Waals surface area contributed by atoms with Crippen LogP contribution in [0.25, 0.3) is 10.9 Å². The standard InChI is InChI=1S/C22H25NO4/c1-2-14-5-8-20-18(9-14)19(21-10-17(25)11-22(26)27-21)13-23(20)12-15-3-6-16(24)7-4-15/h3-9,13,17,21-22,24-26H,2,10-12H2,1H3/t17-,21-,22+/m1/s1. The molecule has 0 spiro atoms. The Balaban J connectivity index is 1.76. The largest absolute Gasteiger partial charge is 0.508 e. The summed E-state index contributed by atoms with van der Waals surface area (Å²) in [5.41, 5.74) is 4.41. The second-order valence-electron chi connectivity index (χ2n) is 7.29. The molecule has 1 fully saturated rings. The Hall–Kier alpha value is -2.34. The topological polar surface area (TPSA) is 74.8 Å². The zero-order valence-corrected chi connectivity index (χ0v) is 15.4. The van der Waals surface area contributed by atoms with E-state index in [1.165, 1.54) is 5.56 Å². The van der Waals surface area contributed by atoms with Crippen molar-refractivity contribution in [3.63, 3.8) is 0 Å². The van der Waals surface area contributed by atoms with Crippen LogP contribution in [-0.2, 0) is 17.7 Å². The van der Waals surface area contributed by atoms with E-state index in [-0.39, 0.29) is 18.3 Å². The van der Waals surface area contributed by atoms with Gasteiger partial charge in [-0.05, 0) is 41.8 Å². The lowest BCUT2D eigenvalue weighted by molar-refractivity contribution is -0.191. The molecule has 142 valence electrons. The van der Waals surface area contributed by atoms with E-state index in [0.717, 1.165) is 28.5 Å². The lowest BCUT2D eigenvalue weighted by Crippen LogP contribution is -2.30. The van der Waals surface area contributed by atoms with E-state index in [1.54, 1.807) is 12.1 Å². The molecule has 0 saturated carbocycles. The van der Waals surface area contributed by atoms with Crippen LogP contribution in [0.1, 0.15) is 42.6 Å². The van der Waals surface area contributed by atoms with Gasteiger partial charge in [0.1, 0.15) is 5.75 Å². The Kier molecular flexibility index (Phi) is 4.91. The lowest BCUT2D eigenvalue weighted by atomic mass is 9.97. The zero-order chi connectivity index (χ0) is 19.0. The average Bonchev–Trinajstić information content (AvgIpc) is 3.00. The maximum atomic E-state index is 10.1. The van der Waals surface area contributed by atoms with Gasteiger partial charge in [-0.3, -0.25) is 0 Å². The second-order valence-corrected chi connectivity index (χ2v) is 7.29. The monoisotopic (exact) mass is 367 g/mol. The Labute approximate surface area is 158 Å². The highest BCUT2D eigenvalue weighted by Crippen LogP contribution is 2.36. The summed E-state index contributed by atoms with van der Waals surface area (Å²) in [5, 5.41) is 30.6. The van der Waals surface area contributed by atoms with Crippen LogP contribution in [0, 0.1) is 0 Å². The molecule has 1 saturated heterocycles. The number of ether oxygens (including phenoxy) is 1. The van der Waals surface area contributed by atoms with E-state index < -0.39 is 12.4 Å². The fraction of sp³-hybridized carbons (Fsp3) is 0.364. The quantitative estimate of drug-likeness (QED) is 0.660. The number of hydrogen-bond acceptors (Lipinski definition) is 4. The summed E-state index contributed by atoms with van der Waals surface area (Å²) in [7, 11) is 0. The van der Waals surface area contributed by atoms with Crippen molar-refractivity contribution in [2.24, 2.45) is 0 Å². The Morgan fingerprint density at radius 2 is 1.78 bits per heavy atom. The lowest BCUT2D eigenvalue weighted by Gasteiger charge is -2.30. The minimum absolute atomic E-state index is 0.253. The fourth-order valence-corrected chi connectivity index (χ4v) is 3.85. The summed E-state index contributed by atoms with van der Waals surface area (Å²) in [4.78, 5) is 0. The molecule has 0 amide bonds. The molecule has 0 bridgehead atoms. The number of aliphatic hydroxyl groups excluding tert-OH is 2. The van der Waals surface area contributed by atoms with Crippen LogP contribution >= 0.6 is 0 Å². The Morgan fingerprint density at radius 1 is 1.04 bits per heavy atom. The third kappa shape index (κ3) is 3.72. The van der Waals surface area contributed by atoms with Crippen LogP contribution < -0.4 is 0 Å². The van der Waals surface area contributed by atoms with Crippen molar-refractivity contribution in [2.75, 3.05) is 0 Å². The first kappa shape index (κ1) is 18.0. The van der Waals surface area contributed by atoms with Gasteiger partial charge in [0.05, 0.1) is 12.2 Å². The van der Waals surface area contributed by atoms with Gasteiger partial charge in [-0.2, -0.15) is 0 Å². The van der Waals surface area contributed by atoms with E-state index in [0.29, 0.717) is 13.0 Å². The highest BCUT2D eigenvalue weighted by Gasteiger charge is 2.30. The number of nitrogens with zero attached hydrogens (tertiary/aromatic N) is 1. The number of aromatic nitrogens is 1. The van der Waals surface area contributed by atoms with E-state index in [1.807, 2.05) is 12.1 Å². The van der Waals surface area contributed by atoms with Crippen molar-refractivity contribution in [1.29, 1.82) is 0 Å². The van der Waals surface area contributed by atoms with Gasteiger partial charge in [-0.15, -0.1) is 0 Å². The number of aliphatic hydroxyl groups is 2. The van der Waals surface area contributed by atoms with Gasteiger partial charge < -0.3 is 24.6 Å². The smallest absolute Gasteiger partial charge is 0.157 e. The van der Waals surface area contributed by atoms with Gasteiger partial charge in [0, 0.05) is 42.0 Å². The molecule has 0 aliphatic carbocycles. The van der Waals surface area contributed by atoms with E-state index >= 15 is 0 Å². The van der Waals surface area contributed by atoms with Crippen molar-refractivity contribution in [2.45, 2.75) is 51.2 Å². The fourth-order valence-electron chi connectivity index (χ4n) is 3.85. The molecule has 3 N–H and O–H groups in total. The molecule has 4 rings (SSSR count). The molecule has 0 unspecified atom stereocenters. The molecule has 27 heavy (non-hydrogen) atoms. The molecule has 5 heteroatoms. The number of rotatable bonds is 4. The van der Waals surface area contributed by atoms with Crippen LogP contribution in [-0.4, -0.2) is 32.3 Å². The van der Waals surface area contributed by atoms with Crippen molar-refractivity contribution in [3.8, 4) is 5.75 Å². The van der Waals surface area contributed by atoms with E-state index in [4.69, 9.17) is 4.74 Å². The first-order valence-corrected chi connectivity index (χ1v) is 9.44. The Bertz CT molecular complexity index is 921. The Morgan fingerprint density at radius 3 is 2.48 bits per heavy atom. The minimum atomic E-state index is -0.941. The number of phenols is 1. The molecule has 5 nitrogen and oxygen atoms in total. The first-order chi connectivity index (χ1) is 13.0. The van der Waals surface area contributed by atoms with Crippen molar-refractivity contribution < 1.29 is 20.1 Å². The minimum Gasteiger partial charge on any atom is -0.508 e. The van der Waals surface area contributed by atoms with Gasteiger partial charge in [0.15, 0.2) is 6.29 Å². The van der Waals surface area contributed by atoms with Crippen molar-refractivity contribution >= 4 is 10.9 Å². The van der Waals surface area contributed by atoms with E-state index in [2.05, 4.69) is 35.9 Å². The number of phenolic OH excluding ortho intramolecular Hbond substituents is 1. The summed E-state index contributed by atoms with van der Waals surface area (Å²) >= 11 is 0. The molecule has 1 aliphatic rings. The number of aryl methyl sites for hydroxylation is 1. The molecule has 3 aromatic rings. The van der Waals surface area contributed by atoms with Crippen LogP contribution in [0.15, 0.2) is 48.7 Å². The molecule has 1 aromatic heterocycles. The number of fused-ring (bicyclic) bond motifs is 1. The molecule has 1 aliphatic heterocycles. The number of hydrogen-bond donors (Lipinski definition) is 3. The summed E-state index contributed by atoms with van der Waals surface area (Å²) < 4.78 is 7.91. The predicted molar refractivity (Wildman–Crippen MR) is 104 cm³/mol. The van der Waals surface area contributed by atoms with Crippen LogP contribution in [0.4, 0.5) is 0 Å². The van der Waals surface area contributed by atoms with Crippen LogP contribution in [0.5, 0.6) is 5.75 Å². The van der Waals surface area contributed by atoms with Gasteiger partial charge in [0.2, 0.25) is 0 Å². The molecule has 3 atom stereocenters. The maximum absolute atomic E-state index is 10.1. The normalized spacial score (nSPS) is 23.0. The molecule has 2 aromatic carbocycles. The molecule has 2 heterocycles. The SMILES string of the molecule is CCc1ccc2c(c1)c([C@H]1C[C@@H](O)C[C@@H](O)O1)cn2Cc1ccc(O)cc1. The maximum Gasteiger partial charge on any atom is 0.157 e. The third-order valence-electron chi connectivity index (χ3n) is 5.30. The summed E-state index contributed by atoms with van der Waals surface area (Å²) in [5.74, 6) is 0.253. The molecule has 0 radical (unpaired) electrons. The van der Waals surface area contributed by atoms with Crippen LogP contribution in [0.2, 0.25) is 0 Å². The van der Waals surface area contributed by atoms with Crippen molar-refractivity contribution in [3.05, 3.63) is 65.4 Å². The zero-order valence-electron chi connectivity index (χ0n) is 15.4. The van der Waals surface area contributed by atoms with Crippen molar-refractivity contribution in [1.82, 2.24) is 4.57 Å². The summed E-state index contributed by atoms with van der Waals surface area (Å²) in [6.45, 7) is 2.79. The number of aromatic hydroxyl groups is 1. The van der Waals surface area contributed by atoms with Gasteiger partial charge in [-0.25, -0.2) is 0 Å². The highest BCUT2D eigenvalue weighted by molar-refractivity contribution is 5.85. The first-order valence-electron chi connectivity index (χ1n) is 9.44. The number of benzene rings is 2. The third-order valence-corrected chi connectivity index (χ3v) is 5.30. The molecular formula is C22H25NO4. The van der Waals surface area contributed by atoms with E-state index in [9.17, 15) is 15.3 Å². The van der Waals surface area contributed by atoms with Gasteiger partial charge in [-0.1, -0.05) is 25.1 Å². The summed E-state index contributed by atoms with van der Waals surface area (Å²) in [6, 6.07) is 13.6. The highest BCUT2D eigenvalue weighted by atomic mass is 16.6. The molecular weight excluding hydrogens is 342 g/mol. The van der Waals surface area contributed by atoms with Crippen LogP contribution in [0.3, 0.4) is 0 Å². The summed E-state index contributed by atoms with van der Waals surface area (Å²) in [6.07, 6.45) is 1.89. The average molecular weight is 367 g/mol. The second kappa shape index (κ2) is 7.35. The van der Waals surface area contributed by atoms with Gasteiger partial charge in [0.25, 0.3) is 0 Å².